The van der Waals surface area contributed by atoms with E-state index < -0.39 is 0 Å². The van der Waals surface area contributed by atoms with Crippen molar-refractivity contribution in [3.63, 3.8) is 0 Å². The monoisotopic (exact) mass is 101 g/mol. The summed E-state index contributed by atoms with van der Waals surface area (Å²) in [5, 5.41) is 3.14. The van der Waals surface area contributed by atoms with Gasteiger partial charge in [0.05, 0.1) is 6.20 Å². The number of nitrogens with zero attached hydrogens (tertiary/aromatic N) is 2. The molecular weight excluding hydrogens is 97.1 g/mol. The number of hydrogen-bond donors (Lipinski definition) is 1. The molecule has 3 nitrogen and oxygen atoms in total. The Morgan fingerprint density at radius 1 is 1.86 bits per heavy atom. The molecule has 1 aromatic rings. The molecule has 0 unspecified atom stereocenters. The second-order valence-corrected chi connectivity index (χ2v) is 1.12. The van der Waals surface area contributed by atoms with Crippen molar-refractivity contribution >= 4 is 5.82 Å². The van der Waals surface area contributed by atoms with Crippen LogP contribution in [0, 0.1) is 0 Å². The Labute approximate surface area is 39.5 Å². The second-order valence-electron chi connectivity index (χ2n) is 1.12. The molecule has 0 radical (unpaired) electrons. The highest BCUT2D eigenvalue weighted by molar-refractivity contribution is 5.24. The molecule has 0 saturated heterocycles. The van der Waals surface area contributed by atoms with Crippen molar-refractivity contribution in [2.45, 2.75) is 0 Å². The van der Waals surface area contributed by atoms with Crippen LogP contribution in [0.1, 0.15) is 0 Å². The molecule has 2 N–H and O–H groups in total. The van der Waals surface area contributed by atoms with Crippen LogP contribution in [-0.2, 0) is 0 Å². The van der Waals surface area contributed by atoms with Gasteiger partial charge in [-0.05, 0) is 0 Å². The molecule has 0 fully saturated rings. The lowest BCUT2D eigenvalue weighted by atomic mass is 10.7. The summed E-state index contributed by atoms with van der Waals surface area (Å²) in [7, 11) is 0. The van der Waals surface area contributed by atoms with Gasteiger partial charge in [0.25, 0.3) is 0 Å². The molecule has 0 spiro atoms. The first-order valence-electron chi connectivity index (χ1n) is 1.76. The van der Waals surface area contributed by atoms with E-state index in [0.717, 1.165) is 0 Å². The summed E-state index contributed by atoms with van der Waals surface area (Å²) < 4.78 is 11.8. The number of nitrogens with two attached hydrogens (primary N) is 1. The predicted molar refractivity (Wildman–Crippen MR) is 23.1 cm³/mol. The quantitative estimate of drug-likeness (QED) is 0.507. The molecule has 0 bridgehead atoms. The van der Waals surface area contributed by atoms with E-state index in [-0.39, 0.29) is 10.7 Å². The molecule has 7 heavy (non-hydrogen) atoms. The molecule has 0 aliphatic heterocycles. The maximum atomic E-state index is 11.8. The largest absolute Gasteiger partial charge is 0.382 e. The van der Waals surface area contributed by atoms with Crippen molar-refractivity contribution in [1.29, 1.82) is 0 Å². The van der Waals surface area contributed by atoms with E-state index in [1.165, 1.54) is 12.3 Å². The molecule has 0 amide bonds. The molecule has 1 rings (SSSR count). The van der Waals surface area contributed by atoms with E-state index in [0.29, 0.717) is 0 Å². The zero-order chi connectivity index (χ0) is 5.28. The molecule has 4 heteroatoms. The van der Waals surface area contributed by atoms with Gasteiger partial charge in [-0.1, -0.05) is 9.39 Å². The summed E-state index contributed by atoms with van der Waals surface area (Å²) in [6, 6.07) is 1.38. The van der Waals surface area contributed by atoms with Gasteiger partial charge >= 0.3 is 0 Å². The van der Waals surface area contributed by atoms with Gasteiger partial charge in [-0.25, -0.2) is 0 Å². The van der Waals surface area contributed by atoms with Crippen LogP contribution >= 0.6 is 0 Å². The Bertz CT molecular complexity index is 142. The topological polar surface area (TPSA) is 43.8 Å². The number of anilines is 1. The van der Waals surface area contributed by atoms with Crippen molar-refractivity contribution in [2.24, 2.45) is 0 Å². The molecule has 0 saturated carbocycles. The van der Waals surface area contributed by atoms with E-state index in [1.54, 1.807) is 0 Å². The first kappa shape index (κ1) is 4.11. The van der Waals surface area contributed by atoms with Gasteiger partial charge < -0.3 is 5.73 Å². The van der Waals surface area contributed by atoms with Crippen molar-refractivity contribution < 1.29 is 4.48 Å². The van der Waals surface area contributed by atoms with Gasteiger partial charge in [-0.15, -0.1) is 5.10 Å². The molecule has 0 atom stereocenters. The lowest BCUT2D eigenvalue weighted by Gasteiger charge is -1.81. The number of halogens is 1. The third-order valence-electron chi connectivity index (χ3n) is 0.626. The van der Waals surface area contributed by atoms with Crippen LogP contribution in [0.5, 0.6) is 0 Å². The van der Waals surface area contributed by atoms with Crippen LogP contribution in [0.25, 0.3) is 0 Å². The lowest BCUT2D eigenvalue weighted by Crippen LogP contribution is -1.91. The maximum Gasteiger partial charge on any atom is 0.157 e. The Kier molecular flexibility index (Phi) is 0.714. The van der Waals surface area contributed by atoms with E-state index in [2.05, 4.69) is 5.10 Å². The SMILES string of the molecule is Nc1ccnn1F. The predicted octanol–water partition coefficient (Wildman–Crippen LogP) is 0.198. The van der Waals surface area contributed by atoms with Crippen molar-refractivity contribution in [1.82, 2.24) is 10.0 Å². The summed E-state index contributed by atoms with van der Waals surface area (Å²) >= 11 is 0. The minimum atomic E-state index is 0.0278. The summed E-state index contributed by atoms with van der Waals surface area (Å²) in [5.41, 5.74) is 4.97. The normalized spacial score (nSPS) is 9.29. The summed E-state index contributed by atoms with van der Waals surface area (Å²) in [5.74, 6) is 0.0278. The van der Waals surface area contributed by atoms with Crippen molar-refractivity contribution in [3.05, 3.63) is 12.3 Å². The van der Waals surface area contributed by atoms with Crippen LogP contribution in [0.3, 0.4) is 0 Å². The second kappa shape index (κ2) is 1.22. The van der Waals surface area contributed by atoms with Gasteiger partial charge in [0, 0.05) is 6.07 Å². The smallest absolute Gasteiger partial charge is 0.157 e. The third-order valence-corrected chi connectivity index (χ3v) is 0.626. The van der Waals surface area contributed by atoms with Crippen LogP contribution in [0.4, 0.5) is 10.3 Å². The fourth-order valence-corrected chi connectivity index (χ4v) is 0.296. The van der Waals surface area contributed by atoms with Gasteiger partial charge in [-0.2, -0.15) is 0 Å². The number of hydrogen-bond acceptors (Lipinski definition) is 2. The van der Waals surface area contributed by atoms with E-state index in [4.69, 9.17) is 5.73 Å². The maximum absolute atomic E-state index is 11.8. The Hall–Kier alpha value is -1.06. The summed E-state index contributed by atoms with van der Waals surface area (Å²) in [6.45, 7) is 0. The average molecular weight is 101 g/mol. The minimum Gasteiger partial charge on any atom is -0.382 e. The van der Waals surface area contributed by atoms with E-state index in [9.17, 15) is 4.48 Å². The molecule has 0 aromatic carbocycles. The fourth-order valence-electron chi connectivity index (χ4n) is 0.296. The fraction of sp³-hybridized carbons (Fsp3) is 0. The van der Waals surface area contributed by atoms with Crippen molar-refractivity contribution in [3.8, 4) is 0 Å². The Balaban J connectivity index is 3.12. The highest BCUT2D eigenvalue weighted by Gasteiger charge is 1.89. The highest BCUT2D eigenvalue weighted by Crippen LogP contribution is 1.96. The van der Waals surface area contributed by atoms with Gasteiger partial charge in [0.15, 0.2) is 5.82 Å². The van der Waals surface area contributed by atoms with Crippen LogP contribution in [0.2, 0.25) is 0 Å². The average Bonchev–Trinajstić information content (AvgIpc) is 1.91. The molecule has 0 aliphatic carbocycles. The minimum absolute atomic E-state index is 0.0278. The summed E-state index contributed by atoms with van der Waals surface area (Å²) in [6.07, 6.45) is 1.29. The molecule has 1 heterocycles. The summed E-state index contributed by atoms with van der Waals surface area (Å²) in [4.78, 5) is 0.111. The number of aromatic nitrogens is 2. The van der Waals surface area contributed by atoms with Crippen LogP contribution < -0.4 is 5.73 Å². The number of rotatable bonds is 0. The first-order valence-corrected chi connectivity index (χ1v) is 1.76. The Morgan fingerprint density at radius 2 is 2.57 bits per heavy atom. The third kappa shape index (κ3) is 0.534. The molecule has 1 aromatic heterocycles. The highest BCUT2D eigenvalue weighted by atomic mass is 19.2. The van der Waals surface area contributed by atoms with Gasteiger partial charge in [0.2, 0.25) is 0 Å². The standard InChI is InChI=1S/C3H4FN3/c4-7-3(5)1-2-6-7/h1-2H,5H2. The molecule has 0 aliphatic rings. The number of nitrogen functional groups attached to an aromatic ring is 1. The molecule has 38 valence electrons. The van der Waals surface area contributed by atoms with E-state index >= 15 is 0 Å². The van der Waals surface area contributed by atoms with Gasteiger partial charge in [0.1, 0.15) is 0 Å². The van der Waals surface area contributed by atoms with E-state index in [1.807, 2.05) is 0 Å². The Morgan fingerprint density at radius 3 is 2.71 bits per heavy atom. The first-order chi connectivity index (χ1) is 3.30. The van der Waals surface area contributed by atoms with Crippen LogP contribution in [0.15, 0.2) is 12.3 Å². The lowest BCUT2D eigenvalue weighted by molar-refractivity contribution is 0.324. The van der Waals surface area contributed by atoms with Crippen molar-refractivity contribution in [2.75, 3.05) is 5.73 Å². The van der Waals surface area contributed by atoms with Gasteiger partial charge in [-0.3, -0.25) is 0 Å². The van der Waals surface area contributed by atoms with Crippen LogP contribution in [-0.4, -0.2) is 10.0 Å². The zero-order valence-corrected chi connectivity index (χ0v) is 3.50. The zero-order valence-electron chi connectivity index (χ0n) is 3.50. The molecular formula is C3H4FN3.